The maximum absolute atomic E-state index is 11.9. The Bertz CT molecular complexity index is 2250. The Morgan fingerprint density at radius 2 is 0.825 bits per heavy atom. The molecule has 0 saturated heterocycles. The summed E-state index contributed by atoms with van der Waals surface area (Å²) in [6, 6.07) is 57.4. The van der Waals surface area contributed by atoms with Crippen molar-refractivity contribution in [2.45, 2.75) is 51.7 Å². The van der Waals surface area contributed by atoms with Crippen molar-refractivity contribution in [2.24, 2.45) is 0 Å². The molecule has 7 heteroatoms. The van der Waals surface area contributed by atoms with Crippen LogP contribution in [0.4, 0.5) is 0 Å². The van der Waals surface area contributed by atoms with Crippen LogP contribution < -0.4 is 28.4 Å². The van der Waals surface area contributed by atoms with E-state index in [1.54, 1.807) is 0 Å². The Morgan fingerprint density at radius 1 is 0.439 bits per heavy atom. The lowest BCUT2D eigenvalue weighted by atomic mass is 9.93. The molecule has 0 amide bonds. The van der Waals surface area contributed by atoms with Crippen molar-refractivity contribution in [3.05, 3.63) is 215 Å². The van der Waals surface area contributed by atoms with Gasteiger partial charge in [-0.1, -0.05) is 152 Å². The fourth-order valence-electron chi connectivity index (χ4n) is 6.73. The average Bonchev–Trinajstić information content (AvgIpc) is 3.27. The molecule has 57 heavy (non-hydrogen) atoms. The lowest BCUT2D eigenvalue weighted by Crippen LogP contribution is -2.30. The van der Waals surface area contributed by atoms with Crippen LogP contribution in [0.2, 0.25) is 0 Å². The van der Waals surface area contributed by atoms with Crippen molar-refractivity contribution in [1.29, 1.82) is 0 Å². The minimum atomic E-state index is -0.923. The molecule has 1 aliphatic rings. The number of aliphatic hydroxyl groups excluding tert-OH is 1. The molecular formula is C50H44O7. The second-order valence-corrected chi connectivity index (χ2v) is 13.9. The molecule has 2 atom stereocenters. The van der Waals surface area contributed by atoms with E-state index in [4.69, 9.17) is 28.4 Å². The summed E-state index contributed by atoms with van der Waals surface area (Å²) in [4.78, 5) is 0. The smallest absolute Gasteiger partial charge is 0.203 e. The maximum atomic E-state index is 11.9. The van der Waals surface area contributed by atoms with Crippen LogP contribution in [0, 0.1) is 0 Å². The van der Waals surface area contributed by atoms with Gasteiger partial charge < -0.3 is 33.5 Å². The summed E-state index contributed by atoms with van der Waals surface area (Å²) in [6.07, 6.45) is -1.41. The number of ether oxygens (including phenoxy) is 6. The Labute approximate surface area is 333 Å². The molecule has 1 N–H and O–H groups in total. The first-order valence-electron chi connectivity index (χ1n) is 19.2. The van der Waals surface area contributed by atoms with E-state index in [-0.39, 0.29) is 6.42 Å². The van der Waals surface area contributed by atoms with Crippen molar-refractivity contribution >= 4 is 0 Å². The molecule has 7 aromatic carbocycles. The van der Waals surface area contributed by atoms with E-state index in [2.05, 4.69) is 0 Å². The fraction of sp³-hybridized carbons (Fsp3) is 0.160. The molecule has 7 nitrogen and oxygen atoms in total. The molecule has 0 fully saturated rings. The number of rotatable bonds is 16. The third-order valence-electron chi connectivity index (χ3n) is 9.72. The SMILES string of the molecule is O[C@@H]1Cc2c(OCc3ccccc3)cc(OCc3ccccc3)cc2O[C@@H]1c1cc(OCc2ccccc2)c(OCc2ccccc2)c(OCc2ccccc2)c1. The Hall–Kier alpha value is -6.70. The second-order valence-electron chi connectivity index (χ2n) is 13.9. The van der Waals surface area contributed by atoms with Gasteiger partial charge in [-0.2, -0.15) is 0 Å². The number of fused-ring (bicyclic) bond motifs is 1. The number of hydrogen-bond donors (Lipinski definition) is 1. The lowest BCUT2D eigenvalue weighted by Gasteiger charge is -2.33. The first-order valence-corrected chi connectivity index (χ1v) is 19.2. The molecule has 8 rings (SSSR count). The van der Waals surface area contributed by atoms with Gasteiger partial charge in [-0.25, -0.2) is 0 Å². The topological polar surface area (TPSA) is 75.6 Å². The summed E-state index contributed by atoms with van der Waals surface area (Å²) in [7, 11) is 0. The monoisotopic (exact) mass is 756 g/mol. The summed E-state index contributed by atoms with van der Waals surface area (Å²) in [5, 5.41) is 11.9. The van der Waals surface area contributed by atoms with Gasteiger partial charge in [-0.15, -0.1) is 0 Å². The molecule has 1 heterocycles. The van der Waals surface area contributed by atoms with Crippen LogP contribution >= 0.6 is 0 Å². The van der Waals surface area contributed by atoms with Gasteiger partial charge in [-0.05, 0) is 39.9 Å². The van der Waals surface area contributed by atoms with Gasteiger partial charge in [0.2, 0.25) is 5.75 Å². The highest BCUT2D eigenvalue weighted by Crippen LogP contribution is 2.47. The maximum Gasteiger partial charge on any atom is 0.203 e. The Morgan fingerprint density at radius 3 is 1.26 bits per heavy atom. The lowest BCUT2D eigenvalue weighted by molar-refractivity contribution is 0.0191. The molecule has 0 unspecified atom stereocenters. The number of hydrogen-bond acceptors (Lipinski definition) is 7. The van der Waals surface area contributed by atoms with Crippen LogP contribution in [-0.2, 0) is 39.5 Å². The van der Waals surface area contributed by atoms with Crippen LogP contribution in [0.5, 0.6) is 34.5 Å². The molecule has 1 aliphatic heterocycles. The molecule has 286 valence electrons. The van der Waals surface area contributed by atoms with Crippen LogP contribution in [-0.4, -0.2) is 11.2 Å². The zero-order valence-electron chi connectivity index (χ0n) is 31.5. The molecule has 0 aliphatic carbocycles. The summed E-state index contributed by atoms with van der Waals surface area (Å²) in [6.45, 7) is 1.62. The van der Waals surface area contributed by atoms with Crippen LogP contribution in [0.3, 0.4) is 0 Å². The third-order valence-corrected chi connectivity index (χ3v) is 9.72. The normalized spacial score (nSPS) is 14.5. The first-order chi connectivity index (χ1) is 28.1. The Kier molecular flexibility index (Phi) is 11.9. The molecular weight excluding hydrogens is 713 g/mol. The van der Waals surface area contributed by atoms with Gasteiger partial charge in [-0.3, -0.25) is 0 Å². The first kappa shape index (κ1) is 37.2. The third kappa shape index (κ3) is 9.76. The van der Waals surface area contributed by atoms with Crippen LogP contribution in [0.1, 0.15) is 45.0 Å². The summed E-state index contributed by atoms with van der Waals surface area (Å²) in [5.41, 5.74) is 6.51. The van der Waals surface area contributed by atoms with E-state index in [9.17, 15) is 5.11 Å². The van der Waals surface area contributed by atoms with Gasteiger partial charge in [0.15, 0.2) is 17.6 Å². The molecule has 0 bridgehead atoms. The number of benzene rings is 7. The highest BCUT2D eigenvalue weighted by Gasteiger charge is 2.34. The fourth-order valence-corrected chi connectivity index (χ4v) is 6.73. The number of aliphatic hydroxyl groups is 1. The molecule has 0 aromatic heterocycles. The molecule has 0 radical (unpaired) electrons. The van der Waals surface area contributed by atoms with Gasteiger partial charge in [0.25, 0.3) is 0 Å². The van der Waals surface area contributed by atoms with Crippen LogP contribution in [0.25, 0.3) is 0 Å². The van der Waals surface area contributed by atoms with Gasteiger partial charge in [0.05, 0.1) is 6.10 Å². The summed E-state index contributed by atoms with van der Waals surface area (Å²) >= 11 is 0. The van der Waals surface area contributed by atoms with Crippen molar-refractivity contribution in [1.82, 2.24) is 0 Å². The standard InChI is InChI=1S/C50H44O7/c51-44-30-43-45(53-32-37-18-8-2-9-19-37)28-42(52-31-36-16-6-1-7-17-36)29-46(43)57-49(44)41-26-47(54-33-38-20-10-3-11-21-38)50(56-35-40-24-14-5-15-25-40)48(27-41)55-34-39-22-12-4-13-23-39/h1-29,44,49,51H,30-35H2/t44-,49-/m1/s1. The highest BCUT2D eigenvalue weighted by molar-refractivity contribution is 5.57. The van der Waals surface area contributed by atoms with E-state index in [0.29, 0.717) is 73.1 Å². The second kappa shape index (κ2) is 18.3. The van der Waals surface area contributed by atoms with Gasteiger partial charge in [0, 0.05) is 29.7 Å². The summed E-state index contributed by atoms with van der Waals surface area (Å²) in [5.74, 6) is 3.18. The van der Waals surface area contributed by atoms with Gasteiger partial charge in [0.1, 0.15) is 50.3 Å². The zero-order chi connectivity index (χ0) is 38.7. The minimum Gasteiger partial charge on any atom is -0.489 e. The zero-order valence-corrected chi connectivity index (χ0v) is 31.5. The highest BCUT2D eigenvalue weighted by atomic mass is 16.5. The average molecular weight is 757 g/mol. The van der Waals surface area contributed by atoms with E-state index < -0.39 is 12.2 Å². The predicted octanol–water partition coefficient (Wildman–Crippen LogP) is 10.6. The van der Waals surface area contributed by atoms with Gasteiger partial charge >= 0.3 is 0 Å². The largest absolute Gasteiger partial charge is 0.489 e. The predicted molar refractivity (Wildman–Crippen MR) is 220 cm³/mol. The molecule has 7 aromatic rings. The van der Waals surface area contributed by atoms with Crippen molar-refractivity contribution < 1.29 is 33.5 Å². The van der Waals surface area contributed by atoms with Crippen molar-refractivity contribution in [2.75, 3.05) is 0 Å². The molecule has 0 spiro atoms. The van der Waals surface area contributed by atoms with E-state index in [1.807, 2.05) is 176 Å². The quantitative estimate of drug-likeness (QED) is 0.105. The van der Waals surface area contributed by atoms with E-state index >= 15 is 0 Å². The van der Waals surface area contributed by atoms with Crippen molar-refractivity contribution in [3.8, 4) is 34.5 Å². The van der Waals surface area contributed by atoms with E-state index in [0.717, 1.165) is 33.4 Å². The van der Waals surface area contributed by atoms with Crippen molar-refractivity contribution in [3.63, 3.8) is 0 Å². The summed E-state index contributed by atoms with van der Waals surface area (Å²) < 4.78 is 39.1. The van der Waals surface area contributed by atoms with Crippen LogP contribution in [0.15, 0.2) is 176 Å². The van der Waals surface area contributed by atoms with E-state index in [1.165, 1.54) is 0 Å². The molecule has 0 saturated carbocycles. The Balaban J connectivity index is 1.15. The minimum absolute atomic E-state index is 0.287.